The average molecular weight is 480 g/mol. The first kappa shape index (κ1) is 20.5. The maximum atomic E-state index is 10.4. The molecular formula is C14H23NO5Pt. The van der Waals surface area contributed by atoms with Gasteiger partial charge in [-0.3, -0.25) is 9.59 Å². The van der Waals surface area contributed by atoms with Crippen LogP contribution in [0.3, 0.4) is 0 Å². The molecule has 0 bridgehead atoms. The average Bonchev–Trinajstić information content (AvgIpc) is 2.38. The number of hydrogen-bond donors (Lipinski definition) is 2. The van der Waals surface area contributed by atoms with Crippen molar-refractivity contribution in [3.8, 4) is 0 Å². The molecule has 124 valence electrons. The van der Waals surface area contributed by atoms with Crippen LogP contribution in [-0.2, 0) is 35.4 Å². The van der Waals surface area contributed by atoms with Gasteiger partial charge in [0.25, 0.3) is 0 Å². The van der Waals surface area contributed by atoms with E-state index in [-0.39, 0.29) is 39.3 Å². The van der Waals surface area contributed by atoms with Gasteiger partial charge in [-0.1, -0.05) is 5.41 Å². The molecule has 1 heterocycles. The van der Waals surface area contributed by atoms with Crippen molar-refractivity contribution in [3.63, 3.8) is 0 Å². The maximum Gasteiger partial charge on any atom is 2.00 e. The van der Waals surface area contributed by atoms with Crippen molar-refractivity contribution >= 4 is 11.9 Å². The molecule has 0 aromatic carbocycles. The largest absolute Gasteiger partial charge is 2.00 e. The molecule has 0 amide bonds. The molecule has 2 aliphatic rings. The van der Waals surface area contributed by atoms with Gasteiger partial charge in [-0.2, -0.15) is 6.42 Å². The second kappa shape index (κ2) is 8.86. The fourth-order valence-corrected chi connectivity index (χ4v) is 2.37. The minimum absolute atomic E-state index is 0. The number of carboxylic acids is 2. The van der Waals surface area contributed by atoms with Crippen LogP contribution in [0.25, 0.3) is 5.73 Å². The van der Waals surface area contributed by atoms with Crippen LogP contribution < -0.4 is 0 Å². The van der Waals surface area contributed by atoms with Crippen LogP contribution in [0.5, 0.6) is 0 Å². The van der Waals surface area contributed by atoms with Gasteiger partial charge >= 0.3 is 33.0 Å². The van der Waals surface area contributed by atoms with E-state index in [0.717, 1.165) is 32.5 Å². The minimum Gasteiger partial charge on any atom is -0.677 e. The van der Waals surface area contributed by atoms with Crippen LogP contribution in [0.1, 0.15) is 38.5 Å². The zero-order valence-electron chi connectivity index (χ0n) is 12.0. The summed E-state index contributed by atoms with van der Waals surface area (Å²) >= 11 is 0. The Bertz CT molecular complexity index is 329. The summed E-state index contributed by atoms with van der Waals surface area (Å²) in [5.74, 6) is -2.41. The van der Waals surface area contributed by atoms with Gasteiger partial charge in [-0.15, -0.1) is 6.54 Å². The molecule has 21 heavy (non-hydrogen) atoms. The summed E-state index contributed by atoms with van der Waals surface area (Å²) in [7, 11) is 0. The van der Waals surface area contributed by atoms with E-state index in [1.54, 1.807) is 0 Å². The van der Waals surface area contributed by atoms with Crippen molar-refractivity contribution in [2.45, 2.75) is 38.5 Å². The number of carbonyl (C=O) groups is 2. The molecule has 0 unspecified atom stereocenters. The van der Waals surface area contributed by atoms with Gasteiger partial charge in [0, 0.05) is 13.2 Å². The van der Waals surface area contributed by atoms with Crippen molar-refractivity contribution in [1.29, 1.82) is 0 Å². The Kier molecular flexibility index (Phi) is 8.67. The second-order valence-electron chi connectivity index (χ2n) is 5.59. The molecule has 0 aromatic rings. The Morgan fingerprint density at radius 2 is 1.57 bits per heavy atom. The van der Waals surface area contributed by atoms with Crippen molar-refractivity contribution in [3.05, 3.63) is 12.7 Å². The van der Waals surface area contributed by atoms with Crippen LogP contribution in [0.15, 0.2) is 0 Å². The third-order valence-electron chi connectivity index (χ3n) is 4.48. The van der Waals surface area contributed by atoms with Gasteiger partial charge in [0.1, 0.15) is 0 Å². The first-order chi connectivity index (χ1) is 9.42. The van der Waals surface area contributed by atoms with E-state index in [1.165, 1.54) is 0 Å². The molecule has 1 aliphatic heterocycles. The van der Waals surface area contributed by atoms with Gasteiger partial charge in [0.15, 0.2) is 5.41 Å². The van der Waals surface area contributed by atoms with Crippen molar-refractivity contribution < 1.29 is 45.6 Å². The molecular weight excluding hydrogens is 457 g/mol. The topological polar surface area (TPSA) is 108 Å². The van der Waals surface area contributed by atoms with E-state index in [9.17, 15) is 9.59 Å². The molecule has 1 aliphatic carbocycles. The summed E-state index contributed by atoms with van der Waals surface area (Å²) in [5, 5.41) is 16.9. The molecule has 6 nitrogen and oxygen atoms in total. The minimum atomic E-state index is -1.44. The number of rotatable bonds is 4. The summed E-state index contributed by atoms with van der Waals surface area (Å²) in [6.07, 6.45) is 4.20. The third kappa shape index (κ3) is 4.76. The predicted molar refractivity (Wildman–Crippen MR) is 73.2 cm³/mol. The first-order valence-corrected chi connectivity index (χ1v) is 6.91. The molecule has 0 spiro atoms. The summed E-state index contributed by atoms with van der Waals surface area (Å²) in [5.41, 5.74) is 6.10. The van der Waals surface area contributed by atoms with Crippen LogP contribution in [-0.4, -0.2) is 41.9 Å². The van der Waals surface area contributed by atoms with Gasteiger partial charge in [-0.05, 0) is 32.1 Å². The van der Waals surface area contributed by atoms with Crippen LogP contribution in [0.2, 0.25) is 0 Å². The summed E-state index contributed by atoms with van der Waals surface area (Å²) in [4.78, 5) is 20.7. The normalized spacial score (nSPS) is 21.8. The zero-order valence-corrected chi connectivity index (χ0v) is 14.3. The van der Waals surface area contributed by atoms with Gasteiger partial charge in [-0.25, -0.2) is 0 Å². The van der Waals surface area contributed by atoms with Crippen LogP contribution in [0, 0.1) is 17.8 Å². The van der Waals surface area contributed by atoms with E-state index < -0.39 is 17.4 Å². The quantitative estimate of drug-likeness (QED) is 0.475. The number of nitrogens with one attached hydrogen (secondary N) is 1. The van der Waals surface area contributed by atoms with Crippen molar-refractivity contribution in [1.82, 2.24) is 0 Å². The Labute approximate surface area is 139 Å². The standard InChI is InChI=1S/C8H15NO.C6H8O4.Pt/c1-2-8(7-9)3-5-10-6-4-8;7-4(8)6(5(9)10)2-1-3-6;/h9H,1-7H2;1-3H2,(H,7,8)(H,9,10);/q-2;;+2. The van der Waals surface area contributed by atoms with E-state index in [4.69, 9.17) is 20.7 Å². The fourth-order valence-electron chi connectivity index (χ4n) is 2.37. The monoisotopic (exact) mass is 480 g/mol. The second-order valence-corrected chi connectivity index (χ2v) is 5.59. The van der Waals surface area contributed by atoms with E-state index in [0.29, 0.717) is 13.0 Å². The molecule has 3 N–H and O–H groups in total. The first-order valence-electron chi connectivity index (χ1n) is 6.91. The molecule has 1 saturated carbocycles. The number of ether oxygens (including phenoxy) is 1. The Morgan fingerprint density at radius 3 is 1.71 bits per heavy atom. The van der Waals surface area contributed by atoms with Gasteiger partial charge < -0.3 is 27.6 Å². The molecule has 7 heteroatoms. The summed E-state index contributed by atoms with van der Waals surface area (Å²) < 4.78 is 5.22. The Hall–Kier alpha value is -0.452. The maximum absolute atomic E-state index is 10.4. The van der Waals surface area contributed by atoms with E-state index in [2.05, 4.69) is 6.92 Å². The summed E-state index contributed by atoms with van der Waals surface area (Å²) in [6.45, 7) is 6.05. The number of aliphatic carboxylic acids is 2. The van der Waals surface area contributed by atoms with Crippen molar-refractivity contribution in [2.24, 2.45) is 10.8 Å². The molecule has 2 rings (SSSR count). The zero-order chi connectivity index (χ0) is 15.2. The molecule has 0 radical (unpaired) electrons. The molecule has 0 atom stereocenters. The van der Waals surface area contributed by atoms with Gasteiger partial charge in [0.05, 0.1) is 0 Å². The predicted octanol–water partition coefficient (Wildman–Crippen LogP) is 2.38. The van der Waals surface area contributed by atoms with E-state index >= 15 is 0 Å². The Balaban J connectivity index is 0.000000364. The van der Waals surface area contributed by atoms with Crippen LogP contribution >= 0.6 is 0 Å². The van der Waals surface area contributed by atoms with Gasteiger partial charge in [0.2, 0.25) is 0 Å². The van der Waals surface area contributed by atoms with Crippen molar-refractivity contribution in [2.75, 3.05) is 19.8 Å². The Morgan fingerprint density at radius 1 is 1.10 bits per heavy atom. The summed E-state index contributed by atoms with van der Waals surface area (Å²) in [6, 6.07) is 0. The molecule has 2 fully saturated rings. The SMILES string of the molecule is O=C(O)C1(C(=O)O)CCC1.[CH2-]CC1(C[NH-])CCOCC1.[Pt+2]. The smallest absolute Gasteiger partial charge is 0.677 e. The number of hydrogen-bond acceptors (Lipinski definition) is 3. The van der Waals surface area contributed by atoms with E-state index in [1.807, 2.05) is 0 Å². The number of carboxylic acid groups (broad SMARTS) is 2. The molecule has 0 aromatic heterocycles. The third-order valence-corrected chi connectivity index (χ3v) is 4.48. The molecule has 1 saturated heterocycles. The van der Waals surface area contributed by atoms with Crippen LogP contribution in [0.4, 0.5) is 0 Å². The fraction of sp³-hybridized carbons (Fsp3) is 0.786.